The van der Waals surface area contributed by atoms with Gasteiger partial charge in [0, 0.05) is 19.3 Å². The van der Waals surface area contributed by atoms with E-state index in [-0.39, 0.29) is 12.2 Å². The third-order valence-electron chi connectivity index (χ3n) is 2.12. The summed E-state index contributed by atoms with van der Waals surface area (Å²) in [7, 11) is -3.05. The number of benzene rings is 1. The lowest BCUT2D eigenvalue weighted by atomic mass is 10.3. The van der Waals surface area contributed by atoms with Crippen molar-refractivity contribution in [2.24, 2.45) is 0 Å². The van der Waals surface area contributed by atoms with Crippen LogP contribution in [0.25, 0.3) is 0 Å². The maximum atomic E-state index is 13.4. The molecule has 1 aromatic carbocycles. The topological polar surface area (TPSA) is 83.6 Å². The van der Waals surface area contributed by atoms with E-state index in [9.17, 15) is 17.2 Å². The van der Waals surface area contributed by atoms with Gasteiger partial charge in [-0.05, 0) is 12.1 Å². The van der Waals surface area contributed by atoms with Crippen LogP contribution < -0.4 is 5.73 Å². The predicted molar refractivity (Wildman–Crippen MR) is 57.7 cm³/mol. The number of aliphatic hydroxyl groups excluding tert-OH is 1. The van der Waals surface area contributed by atoms with Crippen molar-refractivity contribution in [2.45, 2.75) is 4.90 Å². The Morgan fingerprint density at radius 1 is 1.41 bits per heavy atom. The highest BCUT2D eigenvalue weighted by Crippen LogP contribution is 2.23. The Labute approximate surface area is 97.5 Å². The van der Waals surface area contributed by atoms with Crippen LogP contribution in [-0.4, -0.2) is 38.0 Å². The highest BCUT2D eigenvalue weighted by atomic mass is 32.2. The number of nitrogens with two attached hydrogens (primary N) is 1. The summed E-state index contributed by atoms with van der Waals surface area (Å²) in [5, 5.41) is 8.63. The van der Waals surface area contributed by atoms with Gasteiger partial charge in [0.05, 0.1) is 6.61 Å². The number of sulfonamides is 1. The summed E-state index contributed by atoms with van der Waals surface area (Å²) in [5.74, 6) is -2.81. The average Bonchev–Trinajstić information content (AvgIpc) is 2.23. The van der Waals surface area contributed by atoms with Crippen molar-refractivity contribution in [2.75, 3.05) is 25.9 Å². The number of nitrogens with zero attached hydrogens (tertiary/aromatic N) is 1. The van der Waals surface area contributed by atoms with E-state index in [1.807, 2.05) is 0 Å². The first-order valence-corrected chi connectivity index (χ1v) is 6.06. The third-order valence-corrected chi connectivity index (χ3v) is 3.98. The minimum absolute atomic E-state index is 0.195. The van der Waals surface area contributed by atoms with Gasteiger partial charge in [0.1, 0.15) is 4.90 Å². The molecule has 0 saturated heterocycles. The molecule has 8 heteroatoms. The van der Waals surface area contributed by atoms with Crippen molar-refractivity contribution in [3.05, 3.63) is 23.8 Å². The van der Waals surface area contributed by atoms with E-state index in [4.69, 9.17) is 10.8 Å². The van der Waals surface area contributed by atoms with Crippen LogP contribution in [0, 0.1) is 11.6 Å². The maximum Gasteiger partial charge on any atom is 0.246 e. The molecule has 0 aliphatic heterocycles. The second-order valence-corrected chi connectivity index (χ2v) is 5.38. The first-order chi connectivity index (χ1) is 7.80. The van der Waals surface area contributed by atoms with E-state index in [1.165, 1.54) is 0 Å². The summed E-state index contributed by atoms with van der Waals surface area (Å²) in [6.45, 7) is -0.652. The van der Waals surface area contributed by atoms with Gasteiger partial charge in [-0.15, -0.1) is 0 Å². The van der Waals surface area contributed by atoms with Gasteiger partial charge in [0.2, 0.25) is 10.0 Å². The summed E-state index contributed by atoms with van der Waals surface area (Å²) in [5.41, 5.74) is 5.07. The van der Waals surface area contributed by atoms with Gasteiger partial charge < -0.3 is 10.8 Å². The monoisotopic (exact) mass is 266 g/mol. The van der Waals surface area contributed by atoms with Crippen LogP contribution in [0.1, 0.15) is 0 Å². The summed E-state index contributed by atoms with van der Waals surface area (Å²) in [4.78, 5) is -0.842. The minimum atomic E-state index is -4.20. The fraction of sp³-hybridized carbons (Fsp3) is 0.333. The normalized spacial score (nSPS) is 12.1. The Kier molecular flexibility index (Phi) is 4.02. The molecule has 3 N–H and O–H groups in total. The molecule has 0 unspecified atom stereocenters. The van der Waals surface area contributed by atoms with Crippen LogP contribution in [0.3, 0.4) is 0 Å². The van der Waals surface area contributed by atoms with Crippen LogP contribution in [0.5, 0.6) is 0 Å². The van der Waals surface area contributed by atoms with Crippen LogP contribution in [0.2, 0.25) is 0 Å². The Balaban J connectivity index is 3.33. The number of hydrogen-bond donors (Lipinski definition) is 2. The lowest BCUT2D eigenvalue weighted by molar-refractivity contribution is 0.266. The van der Waals surface area contributed by atoms with Crippen molar-refractivity contribution in [1.29, 1.82) is 0 Å². The summed E-state index contributed by atoms with van der Waals surface area (Å²) in [6, 6.07) is 1.53. The number of halogens is 2. The van der Waals surface area contributed by atoms with Gasteiger partial charge in [-0.1, -0.05) is 0 Å². The molecule has 0 spiro atoms. The smallest absolute Gasteiger partial charge is 0.246 e. The summed E-state index contributed by atoms with van der Waals surface area (Å²) in [6.07, 6.45) is 0. The second kappa shape index (κ2) is 4.94. The van der Waals surface area contributed by atoms with Gasteiger partial charge in [0.25, 0.3) is 0 Å². The second-order valence-electron chi connectivity index (χ2n) is 3.37. The molecule has 0 aromatic heterocycles. The standard InChI is InChI=1S/C9H12F2N2O3S/c1-13(2-3-14)17(15,16)8-5-6(12)4-7(10)9(8)11/h4-5,14H,2-3,12H2,1H3. The molecule has 0 aliphatic carbocycles. The molecule has 96 valence electrons. The molecule has 5 nitrogen and oxygen atoms in total. The van der Waals surface area contributed by atoms with Crippen molar-refractivity contribution >= 4 is 15.7 Å². The molecule has 0 atom stereocenters. The van der Waals surface area contributed by atoms with Crippen LogP contribution >= 0.6 is 0 Å². The van der Waals surface area contributed by atoms with E-state index >= 15 is 0 Å². The first-order valence-electron chi connectivity index (χ1n) is 4.62. The van der Waals surface area contributed by atoms with E-state index in [0.717, 1.165) is 13.1 Å². The molecule has 0 radical (unpaired) electrons. The molecular formula is C9H12F2N2O3S. The lowest BCUT2D eigenvalue weighted by Gasteiger charge is -2.16. The molecule has 17 heavy (non-hydrogen) atoms. The Morgan fingerprint density at radius 3 is 2.53 bits per heavy atom. The highest BCUT2D eigenvalue weighted by molar-refractivity contribution is 7.89. The van der Waals surface area contributed by atoms with E-state index in [0.29, 0.717) is 10.4 Å². The van der Waals surface area contributed by atoms with Crippen LogP contribution in [0.4, 0.5) is 14.5 Å². The largest absolute Gasteiger partial charge is 0.399 e. The number of aliphatic hydroxyl groups is 1. The summed E-state index contributed by atoms with van der Waals surface area (Å²) >= 11 is 0. The van der Waals surface area contributed by atoms with E-state index in [1.54, 1.807) is 0 Å². The zero-order valence-corrected chi connectivity index (χ0v) is 9.84. The fourth-order valence-corrected chi connectivity index (χ4v) is 2.47. The van der Waals surface area contributed by atoms with Crippen LogP contribution in [0.15, 0.2) is 17.0 Å². The van der Waals surface area contributed by atoms with Gasteiger partial charge in [-0.2, -0.15) is 4.31 Å². The van der Waals surface area contributed by atoms with Crippen LogP contribution in [-0.2, 0) is 10.0 Å². The molecule has 0 fully saturated rings. The predicted octanol–water partition coefficient (Wildman–Crippen LogP) is 0.160. The molecule has 1 aromatic rings. The molecule has 0 saturated carbocycles. The molecule has 0 heterocycles. The van der Waals surface area contributed by atoms with E-state index in [2.05, 4.69) is 0 Å². The SMILES string of the molecule is CN(CCO)S(=O)(=O)c1cc(N)cc(F)c1F. The van der Waals surface area contributed by atoms with Gasteiger partial charge >= 0.3 is 0 Å². The molecule has 1 rings (SSSR count). The minimum Gasteiger partial charge on any atom is -0.399 e. The number of rotatable bonds is 4. The van der Waals surface area contributed by atoms with Crippen molar-refractivity contribution in [3.63, 3.8) is 0 Å². The maximum absolute atomic E-state index is 13.4. The summed E-state index contributed by atoms with van der Waals surface area (Å²) < 4.78 is 50.7. The molecule has 0 bridgehead atoms. The Bertz CT molecular complexity index is 519. The Morgan fingerprint density at radius 2 is 2.00 bits per heavy atom. The molecule has 0 aliphatic rings. The van der Waals surface area contributed by atoms with Gasteiger partial charge in [-0.25, -0.2) is 17.2 Å². The molecular weight excluding hydrogens is 254 g/mol. The zero-order valence-electron chi connectivity index (χ0n) is 9.02. The van der Waals surface area contributed by atoms with Gasteiger partial charge in [0.15, 0.2) is 11.6 Å². The van der Waals surface area contributed by atoms with Crippen molar-refractivity contribution in [1.82, 2.24) is 4.31 Å². The Hall–Kier alpha value is -1.25. The van der Waals surface area contributed by atoms with Crippen molar-refractivity contribution < 1.29 is 22.3 Å². The third kappa shape index (κ3) is 2.71. The van der Waals surface area contributed by atoms with Crippen molar-refractivity contribution in [3.8, 4) is 0 Å². The van der Waals surface area contributed by atoms with Gasteiger partial charge in [-0.3, -0.25) is 0 Å². The highest BCUT2D eigenvalue weighted by Gasteiger charge is 2.26. The number of hydrogen-bond acceptors (Lipinski definition) is 4. The number of likely N-dealkylation sites (N-methyl/N-ethyl adjacent to an activating group) is 1. The average molecular weight is 266 g/mol. The fourth-order valence-electron chi connectivity index (χ4n) is 1.20. The molecule has 0 amide bonds. The number of nitrogen functional groups attached to an aromatic ring is 1. The first kappa shape index (κ1) is 13.8. The number of anilines is 1. The zero-order chi connectivity index (χ0) is 13.2. The lowest BCUT2D eigenvalue weighted by Crippen LogP contribution is -2.30. The quantitative estimate of drug-likeness (QED) is 0.760. The van der Waals surface area contributed by atoms with E-state index < -0.39 is 33.2 Å².